The first-order chi connectivity index (χ1) is 8.64. The van der Waals surface area contributed by atoms with Crippen LogP contribution >= 0.6 is 15.9 Å². The Morgan fingerprint density at radius 2 is 2.28 bits per heavy atom. The molecule has 0 saturated carbocycles. The second kappa shape index (κ2) is 4.80. The molecule has 4 nitrogen and oxygen atoms in total. The number of azide groups is 1. The molecule has 0 spiro atoms. The number of nitrogens with zero attached hydrogens (tertiary/aromatic N) is 3. The van der Waals surface area contributed by atoms with Crippen LogP contribution < -0.4 is 0 Å². The third kappa shape index (κ3) is 1.88. The summed E-state index contributed by atoms with van der Waals surface area (Å²) in [4.78, 5) is 15.0. The van der Waals surface area contributed by atoms with Gasteiger partial charge in [-0.15, -0.1) is 6.58 Å². The Morgan fingerprint density at radius 1 is 1.50 bits per heavy atom. The highest BCUT2D eigenvalue weighted by molar-refractivity contribution is 9.10. The van der Waals surface area contributed by atoms with Crippen LogP contribution in [0.1, 0.15) is 17.5 Å². The number of hydrogen-bond donors (Lipinski definition) is 0. The smallest absolute Gasteiger partial charge is 0.172 e. The molecule has 2 rings (SSSR count). The number of fused-ring (bicyclic) bond motifs is 1. The van der Waals surface area contributed by atoms with Crippen LogP contribution in [0.3, 0.4) is 0 Å². The maximum Gasteiger partial charge on any atom is 0.172 e. The van der Waals surface area contributed by atoms with E-state index in [0.29, 0.717) is 0 Å². The first-order valence-electron chi connectivity index (χ1n) is 5.34. The molecule has 1 aliphatic rings. The molecule has 0 heterocycles. The van der Waals surface area contributed by atoms with Crippen molar-refractivity contribution in [3.63, 3.8) is 0 Å². The minimum Gasteiger partial charge on any atom is -0.294 e. The molecule has 0 fully saturated rings. The molecule has 0 amide bonds. The van der Waals surface area contributed by atoms with Crippen molar-refractivity contribution >= 4 is 27.8 Å². The summed E-state index contributed by atoms with van der Waals surface area (Å²) in [5, 5.41) is 3.75. The van der Waals surface area contributed by atoms with Crippen LogP contribution in [-0.4, -0.2) is 5.78 Å². The van der Waals surface area contributed by atoms with Crippen molar-refractivity contribution in [1.29, 1.82) is 0 Å². The van der Waals surface area contributed by atoms with Gasteiger partial charge in [0, 0.05) is 9.38 Å². The molecule has 1 aromatic carbocycles. The van der Waals surface area contributed by atoms with Crippen LogP contribution in [0.15, 0.2) is 46.5 Å². The fourth-order valence-electron chi connectivity index (χ4n) is 2.12. The van der Waals surface area contributed by atoms with Gasteiger partial charge in [0.1, 0.15) is 5.54 Å². The lowest BCUT2D eigenvalue weighted by Crippen LogP contribution is -2.34. The van der Waals surface area contributed by atoms with Crippen molar-refractivity contribution in [3.05, 3.63) is 63.0 Å². The SMILES string of the molecule is C=CCC1(N=[N+]=[N-])C(=O)C=Cc2cc(Br)ccc21. The van der Waals surface area contributed by atoms with E-state index in [2.05, 4.69) is 32.5 Å². The number of carbonyl (C=O) groups is 1. The Morgan fingerprint density at radius 3 is 2.94 bits per heavy atom. The van der Waals surface area contributed by atoms with Crippen molar-refractivity contribution in [2.45, 2.75) is 12.0 Å². The van der Waals surface area contributed by atoms with Crippen molar-refractivity contribution in [2.75, 3.05) is 0 Å². The quantitative estimate of drug-likeness (QED) is 0.358. The third-order valence-corrected chi connectivity index (χ3v) is 3.43. The summed E-state index contributed by atoms with van der Waals surface area (Å²) in [6.45, 7) is 3.64. The maximum absolute atomic E-state index is 12.1. The minimum absolute atomic E-state index is 0.213. The summed E-state index contributed by atoms with van der Waals surface area (Å²) < 4.78 is 0.911. The standard InChI is InChI=1S/C13H10BrN3O/c1-2-7-13(16-17-15)11-5-4-10(14)8-9(11)3-6-12(13)18/h2-6,8H,1,7H2. The minimum atomic E-state index is -1.19. The highest BCUT2D eigenvalue weighted by Crippen LogP contribution is 2.39. The number of ketones is 1. The number of hydrogen-bond acceptors (Lipinski definition) is 2. The zero-order valence-electron chi connectivity index (χ0n) is 9.51. The summed E-state index contributed by atoms with van der Waals surface area (Å²) in [6, 6.07) is 5.53. The lowest BCUT2D eigenvalue weighted by Gasteiger charge is -2.29. The van der Waals surface area contributed by atoms with E-state index in [4.69, 9.17) is 5.53 Å². The monoisotopic (exact) mass is 303 g/mol. The van der Waals surface area contributed by atoms with E-state index in [9.17, 15) is 4.79 Å². The molecule has 0 aromatic heterocycles. The zero-order chi connectivity index (χ0) is 13.2. The van der Waals surface area contributed by atoms with E-state index < -0.39 is 5.54 Å². The van der Waals surface area contributed by atoms with E-state index in [1.165, 1.54) is 6.08 Å². The van der Waals surface area contributed by atoms with Gasteiger partial charge >= 0.3 is 0 Å². The molecule has 0 bridgehead atoms. The Bertz CT molecular complexity index is 602. The lowest BCUT2D eigenvalue weighted by molar-refractivity contribution is -0.119. The maximum atomic E-state index is 12.1. The van der Waals surface area contributed by atoms with Gasteiger partial charge in [-0.25, -0.2) is 0 Å². The number of benzene rings is 1. The molecule has 1 atom stereocenters. The second-order valence-corrected chi connectivity index (χ2v) is 4.89. The predicted octanol–water partition coefficient (Wildman–Crippen LogP) is 4.13. The van der Waals surface area contributed by atoms with Crippen molar-refractivity contribution in [2.24, 2.45) is 5.11 Å². The van der Waals surface area contributed by atoms with Gasteiger partial charge in [0.15, 0.2) is 5.78 Å². The molecule has 0 radical (unpaired) electrons. The Balaban J connectivity index is 2.73. The van der Waals surface area contributed by atoms with Crippen LogP contribution in [0.2, 0.25) is 0 Å². The first kappa shape index (κ1) is 12.6. The number of rotatable bonds is 3. The molecule has 18 heavy (non-hydrogen) atoms. The summed E-state index contributed by atoms with van der Waals surface area (Å²) in [5.74, 6) is -0.213. The van der Waals surface area contributed by atoms with Crippen LogP contribution in [0.5, 0.6) is 0 Å². The Hall–Kier alpha value is -1.84. The molecular formula is C13H10BrN3O. The molecule has 1 aliphatic carbocycles. The molecule has 90 valence electrons. The molecule has 0 N–H and O–H groups in total. The average Bonchev–Trinajstić information content (AvgIpc) is 2.34. The molecule has 5 heteroatoms. The Labute approximate surface area is 113 Å². The van der Waals surface area contributed by atoms with Gasteiger partial charge in [0.25, 0.3) is 0 Å². The molecule has 0 saturated heterocycles. The van der Waals surface area contributed by atoms with Crippen LogP contribution in [0.25, 0.3) is 16.5 Å². The van der Waals surface area contributed by atoms with E-state index in [1.54, 1.807) is 18.2 Å². The van der Waals surface area contributed by atoms with E-state index in [1.807, 2.05) is 12.1 Å². The topological polar surface area (TPSA) is 65.8 Å². The molecule has 0 aliphatic heterocycles. The fourth-order valence-corrected chi connectivity index (χ4v) is 2.50. The van der Waals surface area contributed by atoms with Gasteiger partial charge in [-0.3, -0.25) is 4.79 Å². The zero-order valence-corrected chi connectivity index (χ0v) is 11.1. The van der Waals surface area contributed by atoms with Crippen LogP contribution in [0.4, 0.5) is 0 Å². The highest BCUT2D eigenvalue weighted by atomic mass is 79.9. The van der Waals surface area contributed by atoms with Gasteiger partial charge in [0.05, 0.1) is 0 Å². The van der Waals surface area contributed by atoms with Gasteiger partial charge < -0.3 is 0 Å². The molecule has 1 unspecified atom stereocenters. The Kier molecular flexibility index (Phi) is 3.36. The van der Waals surface area contributed by atoms with E-state index in [0.717, 1.165) is 15.6 Å². The van der Waals surface area contributed by atoms with E-state index in [-0.39, 0.29) is 12.2 Å². The van der Waals surface area contributed by atoms with E-state index >= 15 is 0 Å². The second-order valence-electron chi connectivity index (χ2n) is 3.97. The number of halogens is 1. The third-order valence-electron chi connectivity index (χ3n) is 2.94. The normalized spacial score (nSPS) is 21.1. The summed E-state index contributed by atoms with van der Waals surface area (Å²) in [6.07, 6.45) is 5.07. The summed E-state index contributed by atoms with van der Waals surface area (Å²) in [7, 11) is 0. The summed E-state index contributed by atoms with van der Waals surface area (Å²) >= 11 is 3.38. The summed E-state index contributed by atoms with van der Waals surface area (Å²) in [5.41, 5.74) is 9.15. The fraction of sp³-hybridized carbons (Fsp3) is 0.154. The van der Waals surface area contributed by atoms with Crippen molar-refractivity contribution < 1.29 is 4.79 Å². The van der Waals surface area contributed by atoms with Gasteiger partial charge in [0.2, 0.25) is 0 Å². The largest absolute Gasteiger partial charge is 0.294 e. The van der Waals surface area contributed by atoms with Crippen LogP contribution in [-0.2, 0) is 10.3 Å². The van der Waals surface area contributed by atoms with Crippen molar-refractivity contribution in [3.8, 4) is 0 Å². The predicted molar refractivity (Wildman–Crippen MR) is 73.8 cm³/mol. The van der Waals surface area contributed by atoms with Crippen molar-refractivity contribution in [1.82, 2.24) is 0 Å². The van der Waals surface area contributed by atoms with Gasteiger partial charge in [-0.1, -0.05) is 39.3 Å². The number of carbonyl (C=O) groups excluding carboxylic acids is 1. The lowest BCUT2D eigenvalue weighted by atomic mass is 9.77. The molecular weight excluding hydrogens is 294 g/mol. The highest BCUT2D eigenvalue weighted by Gasteiger charge is 2.40. The van der Waals surface area contributed by atoms with Gasteiger partial charge in [-0.05, 0) is 41.3 Å². The molecule has 1 aromatic rings. The average molecular weight is 304 g/mol. The van der Waals surface area contributed by atoms with Gasteiger partial charge in [-0.2, -0.15) is 0 Å². The first-order valence-corrected chi connectivity index (χ1v) is 6.13. The van der Waals surface area contributed by atoms with Crippen LogP contribution in [0, 0.1) is 0 Å².